The summed E-state index contributed by atoms with van der Waals surface area (Å²) in [6, 6.07) is 5.64. The molecule has 0 saturated heterocycles. The minimum atomic E-state index is -0.353. The average Bonchev–Trinajstić information content (AvgIpc) is 2.28. The van der Waals surface area contributed by atoms with Crippen LogP contribution in [-0.2, 0) is 6.42 Å². The van der Waals surface area contributed by atoms with E-state index in [9.17, 15) is 4.79 Å². The molecule has 0 amide bonds. The first-order valence-corrected chi connectivity index (χ1v) is 4.88. The van der Waals surface area contributed by atoms with Gasteiger partial charge in [-0.3, -0.25) is 4.79 Å². The molecule has 1 aromatic carbocycles. The van der Waals surface area contributed by atoms with Gasteiger partial charge in [0.1, 0.15) is 5.38 Å². The molecule has 12 heavy (non-hydrogen) atoms. The van der Waals surface area contributed by atoms with Crippen molar-refractivity contribution < 1.29 is 4.79 Å². The van der Waals surface area contributed by atoms with E-state index in [1.807, 2.05) is 18.2 Å². The van der Waals surface area contributed by atoms with E-state index in [2.05, 4.69) is 15.9 Å². The fourth-order valence-corrected chi connectivity index (χ4v) is 2.12. The minimum Gasteiger partial charge on any atom is -0.292 e. The fourth-order valence-electron chi connectivity index (χ4n) is 1.43. The van der Waals surface area contributed by atoms with Crippen LogP contribution < -0.4 is 0 Å². The first kappa shape index (κ1) is 8.27. The van der Waals surface area contributed by atoms with Gasteiger partial charge in [0.05, 0.1) is 0 Å². The second-order valence-corrected chi connectivity index (χ2v) is 4.28. The van der Waals surface area contributed by atoms with Crippen molar-refractivity contribution in [3.63, 3.8) is 0 Å². The van der Waals surface area contributed by atoms with Gasteiger partial charge in [0.2, 0.25) is 0 Å². The molecule has 0 aliphatic heterocycles. The number of fused-ring (bicyclic) bond motifs is 1. The fraction of sp³-hybridized carbons (Fsp3) is 0.222. The Morgan fingerprint density at radius 2 is 2.25 bits per heavy atom. The van der Waals surface area contributed by atoms with Crippen molar-refractivity contribution in [2.24, 2.45) is 0 Å². The number of alkyl halides is 1. The zero-order valence-electron chi connectivity index (χ0n) is 6.18. The molecule has 3 heteroatoms. The molecule has 0 radical (unpaired) electrons. The van der Waals surface area contributed by atoms with Crippen LogP contribution in [0.5, 0.6) is 0 Å². The van der Waals surface area contributed by atoms with E-state index >= 15 is 0 Å². The summed E-state index contributed by atoms with van der Waals surface area (Å²) in [6.07, 6.45) is 0.662. The molecule has 1 aliphatic rings. The Morgan fingerprint density at radius 3 is 3.00 bits per heavy atom. The third-order valence-corrected chi connectivity index (χ3v) is 2.86. The molecule has 0 saturated carbocycles. The van der Waals surface area contributed by atoms with Crippen molar-refractivity contribution >= 4 is 33.3 Å². The van der Waals surface area contributed by atoms with Gasteiger partial charge in [0.25, 0.3) is 0 Å². The van der Waals surface area contributed by atoms with Gasteiger partial charge in [0.15, 0.2) is 5.78 Å². The molecule has 0 aromatic heterocycles. The summed E-state index contributed by atoms with van der Waals surface area (Å²) in [4.78, 5) is 11.4. The Morgan fingerprint density at radius 1 is 1.50 bits per heavy atom. The molecule has 1 aromatic rings. The van der Waals surface area contributed by atoms with Gasteiger partial charge >= 0.3 is 0 Å². The standard InChI is InChI=1S/C9H6BrClO/c10-6-1-2-7-5(3-6)4-8(11)9(7)12/h1-3,8H,4H2. The Bertz CT molecular complexity index is 348. The van der Waals surface area contributed by atoms with E-state index in [1.54, 1.807) is 0 Å². The number of benzene rings is 1. The van der Waals surface area contributed by atoms with Gasteiger partial charge in [-0.15, -0.1) is 11.6 Å². The highest BCUT2D eigenvalue weighted by molar-refractivity contribution is 9.10. The molecule has 1 atom stereocenters. The van der Waals surface area contributed by atoms with E-state index in [-0.39, 0.29) is 11.2 Å². The second kappa shape index (κ2) is 2.86. The maximum atomic E-state index is 11.4. The van der Waals surface area contributed by atoms with E-state index in [4.69, 9.17) is 11.6 Å². The maximum Gasteiger partial charge on any atom is 0.181 e. The summed E-state index contributed by atoms with van der Waals surface area (Å²) in [5.41, 5.74) is 1.83. The van der Waals surface area contributed by atoms with Gasteiger partial charge in [-0.05, 0) is 30.2 Å². The monoisotopic (exact) mass is 244 g/mol. The third-order valence-electron chi connectivity index (χ3n) is 2.02. The molecule has 1 aliphatic carbocycles. The number of Topliss-reactive ketones (excluding diaryl/α,β-unsaturated/α-hetero) is 1. The Hall–Kier alpha value is -0.340. The van der Waals surface area contributed by atoms with Gasteiger partial charge < -0.3 is 0 Å². The van der Waals surface area contributed by atoms with Crippen molar-refractivity contribution in [1.29, 1.82) is 0 Å². The summed E-state index contributed by atoms with van der Waals surface area (Å²) in [5.74, 6) is 0.0548. The zero-order valence-corrected chi connectivity index (χ0v) is 8.52. The summed E-state index contributed by atoms with van der Waals surface area (Å²) in [6.45, 7) is 0. The zero-order chi connectivity index (χ0) is 8.72. The predicted molar refractivity (Wildman–Crippen MR) is 51.8 cm³/mol. The lowest BCUT2D eigenvalue weighted by Gasteiger charge is -1.95. The highest BCUT2D eigenvalue weighted by Gasteiger charge is 2.28. The molecule has 0 N–H and O–H groups in total. The van der Waals surface area contributed by atoms with Crippen LogP contribution >= 0.6 is 27.5 Å². The van der Waals surface area contributed by atoms with E-state index in [1.165, 1.54) is 0 Å². The summed E-state index contributed by atoms with van der Waals surface area (Å²) < 4.78 is 1.000. The summed E-state index contributed by atoms with van der Waals surface area (Å²) in [5, 5.41) is -0.353. The molecule has 0 spiro atoms. The maximum absolute atomic E-state index is 11.4. The summed E-state index contributed by atoms with van der Waals surface area (Å²) in [7, 11) is 0. The molecule has 2 rings (SSSR count). The Balaban J connectivity index is 2.54. The third kappa shape index (κ3) is 1.19. The Kier molecular flexibility index (Phi) is 1.97. The van der Waals surface area contributed by atoms with Crippen LogP contribution in [0, 0.1) is 0 Å². The number of carbonyl (C=O) groups is 1. The lowest BCUT2D eigenvalue weighted by atomic mass is 10.1. The lowest BCUT2D eigenvalue weighted by Crippen LogP contribution is -2.06. The molecule has 0 bridgehead atoms. The van der Waals surface area contributed by atoms with Crippen LogP contribution in [0.2, 0.25) is 0 Å². The van der Waals surface area contributed by atoms with Crippen molar-refractivity contribution in [3.05, 3.63) is 33.8 Å². The van der Waals surface area contributed by atoms with Crippen LogP contribution in [0.3, 0.4) is 0 Å². The quantitative estimate of drug-likeness (QED) is 0.643. The minimum absolute atomic E-state index is 0.0548. The van der Waals surface area contributed by atoms with Crippen LogP contribution in [0.1, 0.15) is 15.9 Å². The predicted octanol–water partition coefficient (Wildman–Crippen LogP) is 2.80. The van der Waals surface area contributed by atoms with Gasteiger partial charge in [-0.2, -0.15) is 0 Å². The number of halogens is 2. The topological polar surface area (TPSA) is 17.1 Å². The highest BCUT2D eigenvalue weighted by Crippen LogP contribution is 2.27. The molecule has 0 fully saturated rings. The van der Waals surface area contributed by atoms with Gasteiger partial charge in [-0.1, -0.05) is 15.9 Å². The molecule has 62 valence electrons. The largest absolute Gasteiger partial charge is 0.292 e. The highest BCUT2D eigenvalue weighted by atomic mass is 79.9. The first-order chi connectivity index (χ1) is 5.68. The average molecular weight is 246 g/mol. The first-order valence-electron chi connectivity index (χ1n) is 3.65. The lowest BCUT2D eigenvalue weighted by molar-refractivity contribution is 0.0998. The Labute approximate surface area is 83.9 Å². The van der Waals surface area contributed by atoms with Crippen molar-refractivity contribution in [3.8, 4) is 0 Å². The van der Waals surface area contributed by atoms with Crippen molar-refractivity contribution in [2.45, 2.75) is 11.8 Å². The van der Waals surface area contributed by atoms with Gasteiger partial charge in [0, 0.05) is 10.0 Å². The van der Waals surface area contributed by atoms with Crippen LogP contribution in [0.25, 0.3) is 0 Å². The number of rotatable bonds is 0. The van der Waals surface area contributed by atoms with Gasteiger partial charge in [-0.25, -0.2) is 0 Å². The number of hydrogen-bond donors (Lipinski definition) is 0. The molecule has 1 unspecified atom stereocenters. The number of ketones is 1. The summed E-state index contributed by atoms with van der Waals surface area (Å²) >= 11 is 9.17. The number of hydrogen-bond acceptors (Lipinski definition) is 1. The normalized spacial score (nSPS) is 21.2. The van der Waals surface area contributed by atoms with Crippen molar-refractivity contribution in [2.75, 3.05) is 0 Å². The SMILES string of the molecule is O=C1c2ccc(Br)cc2CC1Cl. The van der Waals surface area contributed by atoms with E-state index in [0.717, 1.165) is 15.6 Å². The molecular formula is C9H6BrClO. The van der Waals surface area contributed by atoms with Crippen LogP contribution in [0.15, 0.2) is 22.7 Å². The molecule has 0 heterocycles. The second-order valence-electron chi connectivity index (χ2n) is 2.84. The smallest absolute Gasteiger partial charge is 0.181 e. The van der Waals surface area contributed by atoms with Crippen molar-refractivity contribution in [1.82, 2.24) is 0 Å². The molecule has 1 nitrogen and oxygen atoms in total. The van der Waals surface area contributed by atoms with E-state index in [0.29, 0.717) is 6.42 Å². The van der Waals surface area contributed by atoms with E-state index < -0.39 is 0 Å². The molecular weight excluding hydrogens is 239 g/mol. The number of carbonyl (C=O) groups excluding carboxylic acids is 1. The van der Waals surface area contributed by atoms with Crippen LogP contribution in [0.4, 0.5) is 0 Å². The van der Waals surface area contributed by atoms with Crippen LogP contribution in [-0.4, -0.2) is 11.2 Å².